The van der Waals surface area contributed by atoms with Gasteiger partial charge in [0.05, 0.1) is 17.5 Å². The highest BCUT2D eigenvalue weighted by Crippen LogP contribution is 2.15. The first-order chi connectivity index (χ1) is 16.3. The number of aliphatic carboxylic acids is 2. The standard InChI is InChI=1S/C21H22O5.C4H7NO4/c1-13-7-5-8-14(2)18(13)20(23)25-11-17(22)12-26-21(24)19-15(3)9-6-10-16(19)4;5-2(4(8)9)1-3(6)7/h5-10H,11-12H2,1-4H3;2H,1,5H2,(H,6,7)(H,8,9). The molecule has 10 heteroatoms. The predicted molar refractivity (Wildman–Crippen MR) is 125 cm³/mol. The molecule has 0 radical (unpaired) electrons. The van der Waals surface area contributed by atoms with Crippen LogP contribution in [0.4, 0.5) is 0 Å². The molecule has 0 amide bonds. The summed E-state index contributed by atoms with van der Waals surface area (Å²) in [4.78, 5) is 55.8. The fraction of sp³-hybridized carbons (Fsp3) is 0.320. The smallest absolute Gasteiger partial charge is 0.339 e. The summed E-state index contributed by atoms with van der Waals surface area (Å²) in [6.45, 7) is 6.34. The van der Waals surface area contributed by atoms with E-state index in [1.807, 2.05) is 12.1 Å². The molecule has 0 fully saturated rings. The van der Waals surface area contributed by atoms with Crippen LogP contribution in [0.2, 0.25) is 0 Å². The number of carboxylic acids is 2. The number of carbonyl (C=O) groups is 5. The maximum absolute atomic E-state index is 12.2. The van der Waals surface area contributed by atoms with Gasteiger partial charge in [-0.2, -0.15) is 0 Å². The number of ketones is 1. The Kier molecular flexibility index (Phi) is 11.3. The molecule has 2 rings (SSSR count). The highest BCUT2D eigenvalue weighted by molar-refractivity contribution is 5.96. The molecule has 0 aliphatic rings. The Hall–Kier alpha value is -4.05. The van der Waals surface area contributed by atoms with Crippen molar-refractivity contribution in [3.05, 3.63) is 69.8 Å². The lowest BCUT2D eigenvalue weighted by Gasteiger charge is -2.11. The fourth-order valence-electron chi connectivity index (χ4n) is 3.03. The Balaban J connectivity index is 0.000000579. The van der Waals surface area contributed by atoms with Gasteiger partial charge in [-0.25, -0.2) is 9.59 Å². The van der Waals surface area contributed by atoms with Crippen molar-refractivity contribution in [3.8, 4) is 0 Å². The van der Waals surface area contributed by atoms with Crippen LogP contribution in [0.25, 0.3) is 0 Å². The topological polar surface area (TPSA) is 170 Å². The number of benzene rings is 2. The third-order valence-corrected chi connectivity index (χ3v) is 4.81. The molecule has 1 atom stereocenters. The SMILES string of the molecule is Cc1cccc(C)c1C(=O)OCC(=O)COC(=O)c1c(C)cccc1C.NC(CC(=O)O)C(=O)O. The van der Waals surface area contributed by atoms with Crippen LogP contribution in [0.3, 0.4) is 0 Å². The molecule has 0 bridgehead atoms. The van der Waals surface area contributed by atoms with Crippen LogP contribution in [0, 0.1) is 27.7 Å². The van der Waals surface area contributed by atoms with E-state index in [4.69, 9.17) is 25.4 Å². The Morgan fingerprint density at radius 2 is 1.09 bits per heavy atom. The molecular formula is C25H29NO9. The van der Waals surface area contributed by atoms with Crippen molar-refractivity contribution in [1.29, 1.82) is 0 Å². The normalized spacial score (nSPS) is 10.9. The highest BCUT2D eigenvalue weighted by atomic mass is 16.6. The van der Waals surface area contributed by atoms with Gasteiger partial charge in [-0.1, -0.05) is 36.4 Å². The second kappa shape index (κ2) is 13.6. The average molecular weight is 488 g/mol. The maximum Gasteiger partial charge on any atom is 0.339 e. The van der Waals surface area contributed by atoms with Gasteiger partial charge < -0.3 is 25.4 Å². The quantitative estimate of drug-likeness (QED) is 0.446. The number of carboxylic acid groups (broad SMARTS) is 2. The number of hydrogen-bond acceptors (Lipinski definition) is 8. The van der Waals surface area contributed by atoms with E-state index in [-0.39, 0.29) is 0 Å². The molecule has 0 saturated carbocycles. The number of carbonyl (C=O) groups excluding carboxylic acids is 3. The number of aryl methyl sites for hydroxylation is 4. The second-order valence-corrected chi connectivity index (χ2v) is 7.77. The number of nitrogens with two attached hydrogens (primary N) is 1. The van der Waals surface area contributed by atoms with Gasteiger partial charge >= 0.3 is 23.9 Å². The van der Waals surface area contributed by atoms with Crippen LogP contribution in [-0.2, 0) is 23.9 Å². The van der Waals surface area contributed by atoms with Gasteiger partial charge in [-0.3, -0.25) is 14.4 Å². The minimum absolute atomic E-state index is 0.438. The molecule has 0 aliphatic carbocycles. The molecule has 0 spiro atoms. The molecule has 1 unspecified atom stereocenters. The third kappa shape index (κ3) is 9.38. The van der Waals surface area contributed by atoms with E-state index >= 15 is 0 Å². The van der Waals surface area contributed by atoms with E-state index in [0.717, 1.165) is 22.3 Å². The van der Waals surface area contributed by atoms with Crippen molar-refractivity contribution in [2.75, 3.05) is 13.2 Å². The van der Waals surface area contributed by atoms with Crippen molar-refractivity contribution in [2.45, 2.75) is 40.2 Å². The summed E-state index contributed by atoms with van der Waals surface area (Å²) in [5.74, 6) is -4.10. The molecule has 0 heterocycles. The number of hydrogen-bond donors (Lipinski definition) is 3. The number of ether oxygens (including phenoxy) is 2. The minimum Gasteiger partial charge on any atom is -0.481 e. The monoisotopic (exact) mass is 487 g/mol. The van der Waals surface area contributed by atoms with Crippen LogP contribution in [-0.4, -0.2) is 59.1 Å². The summed E-state index contributed by atoms with van der Waals surface area (Å²) >= 11 is 0. The molecule has 0 saturated heterocycles. The molecular weight excluding hydrogens is 458 g/mol. The molecule has 10 nitrogen and oxygen atoms in total. The van der Waals surface area contributed by atoms with Gasteiger partial charge in [-0.05, 0) is 49.9 Å². The van der Waals surface area contributed by atoms with E-state index in [9.17, 15) is 24.0 Å². The van der Waals surface area contributed by atoms with Crippen molar-refractivity contribution in [1.82, 2.24) is 0 Å². The van der Waals surface area contributed by atoms with Crippen LogP contribution in [0.15, 0.2) is 36.4 Å². The van der Waals surface area contributed by atoms with Gasteiger partial charge in [0, 0.05) is 0 Å². The van der Waals surface area contributed by atoms with Crippen LogP contribution in [0.5, 0.6) is 0 Å². The lowest BCUT2D eigenvalue weighted by atomic mass is 10.0. The summed E-state index contributed by atoms with van der Waals surface area (Å²) in [5, 5.41) is 16.0. The van der Waals surface area contributed by atoms with Crippen LogP contribution < -0.4 is 5.73 Å². The number of rotatable bonds is 9. The summed E-state index contributed by atoms with van der Waals surface area (Å²) in [6, 6.07) is 9.62. The first-order valence-corrected chi connectivity index (χ1v) is 10.5. The van der Waals surface area contributed by atoms with E-state index in [1.165, 1.54) is 0 Å². The summed E-state index contributed by atoms with van der Waals surface area (Å²) in [7, 11) is 0. The molecule has 2 aromatic rings. The van der Waals surface area contributed by atoms with Crippen molar-refractivity contribution in [3.63, 3.8) is 0 Å². The molecule has 2 aromatic carbocycles. The van der Waals surface area contributed by atoms with Gasteiger partial charge in [-0.15, -0.1) is 0 Å². The summed E-state index contributed by atoms with van der Waals surface area (Å²) < 4.78 is 10.1. The van der Waals surface area contributed by atoms with E-state index in [0.29, 0.717) is 11.1 Å². The largest absolute Gasteiger partial charge is 0.481 e. The van der Waals surface area contributed by atoms with Crippen molar-refractivity contribution < 1.29 is 43.7 Å². The van der Waals surface area contributed by atoms with Gasteiger partial charge in [0.1, 0.15) is 6.04 Å². The lowest BCUT2D eigenvalue weighted by Crippen LogP contribution is -2.32. The molecule has 4 N–H and O–H groups in total. The predicted octanol–water partition coefficient (Wildman–Crippen LogP) is 2.38. The van der Waals surface area contributed by atoms with Crippen LogP contribution >= 0.6 is 0 Å². The van der Waals surface area contributed by atoms with Gasteiger partial charge in [0.2, 0.25) is 5.78 Å². The molecule has 35 heavy (non-hydrogen) atoms. The van der Waals surface area contributed by atoms with Crippen LogP contribution in [0.1, 0.15) is 49.4 Å². The molecule has 188 valence electrons. The Bertz CT molecular complexity index is 998. The zero-order valence-corrected chi connectivity index (χ0v) is 20.0. The van der Waals surface area contributed by atoms with Gasteiger partial charge in [0.15, 0.2) is 13.2 Å². The Labute approximate surface area is 202 Å². The van der Waals surface area contributed by atoms with E-state index in [2.05, 4.69) is 0 Å². The zero-order chi connectivity index (χ0) is 26.7. The lowest BCUT2D eigenvalue weighted by molar-refractivity contribution is -0.144. The molecule has 0 aromatic heterocycles. The number of Topliss-reactive ketones (excluding diaryl/α,β-unsaturated/α-hetero) is 1. The highest BCUT2D eigenvalue weighted by Gasteiger charge is 2.18. The zero-order valence-electron chi connectivity index (χ0n) is 20.0. The van der Waals surface area contributed by atoms with E-state index in [1.54, 1.807) is 52.0 Å². The second-order valence-electron chi connectivity index (χ2n) is 7.77. The summed E-state index contributed by atoms with van der Waals surface area (Å²) in [6.07, 6.45) is -0.532. The maximum atomic E-state index is 12.2. The Morgan fingerprint density at radius 3 is 1.34 bits per heavy atom. The average Bonchev–Trinajstić information content (AvgIpc) is 2.76. The molecule has 0 aliphatic heterocycles. The van der Waals surface area contributed by atoms with Gasteiger partial charge in [0.25, 0.3) is 0 Å². The number of esters is 2. The fourth-order valence-corrected chi connectivity index (χ4v) is 3.03. The van der Waals surface area contributed by atoms with Crippen molar-refractivity contribution >= 4 is 29.7 Å². The first kappa shape index (κ1) is 29.0. The minimum atomic E-state index is -1.29. The van der Waals surface area contributed by atoms with Crippen molar-refractivity contribution in [2.24, 2.45) is 5.73 Å². The third-order valence-electron chi connectivity index (χ3n) is 4.81. The summed E-state index contributed by atoms with van der Waals surface area (Å²) in [5.41, 5.74) is 8.87. The first-order valence-electron chi connectivity index (χ1n) is 10.5. The Morgan fingerprint density at radius 1 is 0.743 bits per heavy atom. The van der Waals surface area contributed by atoms with E-state index < -0.39 is 55.3 Å².